The first-order valence-corrected chi connectivity index (χ1v) is 9.96. The second kappa shape index (κ2) is 10.6. The Bertz CT molecular complexity index is 722. The molecule has 0 unspecified atom stereocenters. The summed E-state index contributed by atoms with van der Waals surface area (Å²) in [6.07, 6.45) is 7.98. The largest absolute Gasteiger partial charge is 0.492 e. The van der Waals surface area contributed by atoms with E-state index >= 15 is 0 Å². The van der Waals surface area contributed by atoms with Gasteiger partial charge in [0, 0.05) is 0 Å². The maximum Gasteiger partial charge on any atom is 0.314 e. The third kappa shape index (κ3) is 5.47. The fraction of sp³-hybridized carbons (Fsp3) is 0.591. The van der Waals surface area contributed by atoms with Crippen LogP contribution in [0, 0.1) is 34.5 Å². The molecule has 5 nitrogen and oxygen atoms in total. The molecule has 144 valence electrons. The molecular formula is C22H28N2O3. The summed E-state index contributed by atoms with van der Waals surface area (Å²) in [5, 5.41) is 18.9. The number of unbranched alkanes of at least 4 members (excludes halogenated alkanes) is 1. The van der Waals surface area contributed by atoms with Gasteiger partial charge in [0.1, 0.15) is 34.8 Å². The molecule has 0 aromatic heterocycles. The minimum Gasteiger partial charge on any atom is -0.492 e. The van der Waals surface area contributed by atoms with Crippen LogP contribution in [0.2, 0.25) is 0 Å². The third-order valence-electron chi connectivity index (χ3n) is 5.20. The quantitative estimate of drug-likeness (QED) is 0.361. The van der Waals surface area contributed by atoms with E-state index in [9.17, 15) is 15.3 Å². The Morgan fingerprint density at radius 3 is 2.26 bits per heavy atom. The molecule has 27 heavy (non-hydrogen) atoms. The van der Waals surface area contributed by atoms with Crippen molar-refractivity contribution in [2.45, 2.75) is 65.2 Å². The highest BCUT2D eigenvalue weighted by Gasteiger charge is 2.28. The van der Waals surface area contributed by atoms with Crippen molar-refractivity contribution in [3.63, 3.8) is 0 Å². The lowest BCUT2D eigenvalue weighted by atomic mass is 9.80. The first kappa shape index (κ1) is 20.8. The SMILES string of the molecule is CCCCOc1ccc(OC(=O)C2CCC(CCC)CC2)c(C#N)c1C#N. The molecule has 1 aliphatic carbocycles. The molecule has 0 bridgehead atoms. The number of ether oxygens (including phenoxy) is 2. The number of esters is 1. The molecule has 1 aromatic carbocycles. The Morgan fingerprint density at radius 1 is 1.04 bits per heavy atom. The van der Waals surface area contributed by atoms with Crippen LogP contribution in [0.4, 0.5) is 0 Å². The molecule has 1 fully saturated rings. The first-order valence-electron chi connectivity index (χ1n) is 9.96. The number of carbonyl (C=O) groups is 1. The maximum absolute atomic E-state index is 12.5. The average Bonchev–Trinajstić information content (AvgIpc) is 2.69. The number of rotatable bonds is 8. The zero-order valence-electron chi connectivity index (χ0n) is 16.3. The van der Waals surface area contributed by atoms with Gasteiger partial charge in [-0.15, -0.1) is 0 Å². The van der Waals surface area contributed by atoms with Crippen molar-refractivity contribution >= 4 is 5.97 Å². The lowest BCUT2D eigenvalue weighted by Crippen LogP contribution is -2.26. The van der Waals surface area contributed by atoms with Crippen molar-refractivity contribution in [3.05, 3.63) is 23.3 Å². The van der Waals surface area contributed by atoms with E-state index in [1.807, 2.05) is 19.1 Å². The van der Waals surface area contributed by atoms with Gasteiger partial charge in [-0.1, -0.05) is 33.1 Å². The summed E-state index contributed by atoms with van der Waals surface area (Å²) in [7, 11) is 0. The van der Waals surface area contributed by atoms with Crippen LogP contribution in [-0.4, -0.2) is 12.6 Å². The minimum atomic E-state index is -0.301. The van der Waals surface area contributed by atoms with E-state index in [1.54, 1.807) is 12.1 Å². The molecule has 0 aliphatic heterocycles. The van der Waals surface area contributed by atoms with Crippen molar-refractivity contribution in [2.75, 3.05) is 6.61 Å². The zero-order chi connectivity index (χ0) is 19.6. The summed E-state index contributed by atoms with van der Waals surface area (Å²) in [6.45, 7) is 4.72. The number of nitrogens with zero attached hydrogens (tertiary/aromatic N) is 2. The molecule has 2 rings (SSSR count). The monoisotopic (exact) mass is 368 g/mol. The number of hydrogen-bond donors (Lipinski definition) is 0. The standard InChI is InChI=1S/C22H28N2O3/c1-3-5-13-26-20-11-12-21(19(15-24)18(20)14-23)27-22(25)17-9-7-16(6-4-2)8-10-17/h11-12,16-17H,3-10,13H2,1-2H3. The molecule has 0 amide bonds. The van der Waals surface area contributed by atoms with Crippen LogP contribution in [0.3, 0.4) is 0 Å². The van der Waals surface area contributed by atoms with Crippen LogP contribution in [0.5, 0.6) is 11.5 Å². The summed E-state index contributed by atoms with van der Waals surface area (Å²) < 4.78 is 11.1. The van der Waals surface area contributed by atoms with Crippen LogP contribution in [-0.2, 0) is 4.79 Å². The van der Waals surface area contributed by atoms with Gasteiger partial charge in [0.15, 0.2) is 0 Å². The van der Waals surface area contributed by atoms with E-state index in [1.165, 1.54) is 12.8 Å². The van der Waals surface area contributed by atoms with Crippen molar-refractivity contribution in [1.82, 2.24) is 0 Å². The van der Waals surface area contributed by atoms with Gasteiger partial charge in [0.25, 0.3) is 0 Å². The molecule has 0 heterocycles. The van der Waals surface area contributed by atoms with Gasteiger partial charge in [0.05, 0.1) is 12.5 Å². The Balaban J connectivity index is 2.09. The summed E-state index contributed by atoms with van der Waals surface area (Å²) in [4.78, 5) is 12.5. The zero-order valence-corrected chi connectivity index (χ0v) is 16.3. The molecular weight excluding hydrogens is 340 g/mol. The highest BCUT2D eigenvalue weighted by molar-refractivity contribution is 5.77. The van der Waals surface area contributed by atoms with Gasteiger partial charge in [-0.3, -0.25) is 4.79 Å². The van der Waals surface area contributed by atoms with Crippen molar-refractivity contribution in [3.8, 4) is 23.6 Å². The van der Waals surface area contributed by atoms with Gasteiger partial charge in [-0.05, 0) is 50.2 Å². The van der Waals surface area contributed by atoms with Crippen LogP contribution < -0.4 is 9.47 Å². The molecule has 1 aliphatic rings. The highest BCUT2D eigenvalue weighted by atomic mass is 16.5. The van der Waals surface area contributed by atoms with Crippen molar-refractivity contribution in [2.24, 2.45) is 11.8 Å². The summed E-state index contributed by atoms with van der Waals surface area (Å²) in [6, 6.07) is 7.18. The van der Waals surface area contributed by atoms with E-state index in [0.29, 0.717) is 18.3 Å². The molecule has 1 saturated carbocycles. The number of nitriles is 2. The van der Waals surface area contributed by atoms with E-state index in [0.717, 1.165) is 38.5 Å². The fourth-order valence-electron chi connectivity index (χ4n) is 3.61. The topological polar surface area (TPSA) is 83.1 Å². The van der Waals surface area contributed by atoms with Crippen molar-refractivity contribution < 1.29 is 14.3 Å². The summed E-state index contributed by atoms with van der Waals surface area (Å²) in [5.74, 6) is 0.791. The Labute approximate surface area is 161 Å². The van der Waals surface area contributed by atoms with Gasteiger partial charge in [-0.25, -0.2) is 0 Å². The van der Waals surface area contributed by atoms with E-state index < -0.39 is 0 Å². The van der Waals surface area contributed by atoms with E-state index in [4.69, 9.17) is 9.47 Å². The Kier molecular flexibility index (Phi) is 8.14. The molecule has 1 aromatic rings. The minimum absolute atomic E-state index is 0.0690. The predicted octanol–water partition coefficient (Wildman–Crippen LogP) is 5.12. The number of benzene rings is 1. The third-order valence-corrected chi connectivity index (χ3v) is 5.20. The second-order valence-corrected chi connectivity index (χ2v) is 7.16. The molecule has 0 N–H and O–H groups in total. The number of hydrogen-bond acceptors (Lipinski definition) is 5. The average molecular weight is 368 g/mol. The predicted molar refractivity (Wildman–Crippen MR) is 102 cm³/mol. The number of carbonyl (C=O) groups excluding carboxylic acids is 1. The summed E-state index contributed by atoms with van der Waals surface area (Å²) in [5.41, 5.74) is 0.199. The smallest absolute Gasteiger partial charge is 0.314 e. The van der Waals surface area contributed by atoms with Gasteiger partial charge >= 0.3 is 5.97 Å². The molecule has 0 saturated heterocycles. The normalized spacial score (nSPS) is 19.0. The molecule has 0 radical (unpaired) electrons. The summed E-state index contributed by atoms with van der Waals surface area (Å²) >= 11 is 0. The van der Waals surface area contributed by atoms with Crippen molar-refractivity contribution in [1.29, 1.82) is 10.5 Å². The fourth-order valence-corrected chi connectivity index (χ4v) is 3.61. The van der Waals surface area contributed by atoms with E-state index in [-0.39, 0.29) is 28.8 Å². The highest BCUT2D eigenvalue weighted by Crippen LogP contribution is 2.34. The van der Waals surface area contributed by atoms with Gasteiger partial charge in [-0.2, -0.15) is 10.5 Å². The van der Waals surface area contributed by atoms with Crippen LogP contribution >= 0.6 is 0 Å². The Hall–Kier alpha value is -2.53. The Morgan fingerprint density at radius 2 is 1.67 bits per heavy atom. The van der Waals surface area contributed by atoms with Crippen LogP contribution in [0.15, 0.2) is 12.1 Å². The van der Waals surface area contributed by atoms with Crippen LogP contribution in [0.1, 0.15) is 76.3 Å². The van der Waals surface area contributed by atoms with Gasteiger partial charge < -0.3 is 9.47 Å². The molecule has 5 heteroatoms. The lowest BCUT2D eigenvalue weighted by molar-refractivity contribution is -0.140. The molecule has 0 spiro atoms. The van der Waals surface area contributed by atoms with Gasteiger partial charge in [0.2, 0.25) is 0 Å². The maximum atomic E-state index is 12.5. The molecule has 0 atom stereocenters. The second-order valence-electron chi connectivity index (χ2n) is 7.16. The van der Waals surface area contributed by atoms with E-state index in [2.05, 4.69) is 6.92 Å². The van der Waals surface area contributed by atoms with Crippen LogP contribution in [0.25, 0.3) is 0 Å². The first-order chi connectivity index (χ1) is 13.1. The lowest BCUT2D eigenvalue weighted by Gasteiger charge is -2.27.